The third-order valence-corrected chi connectivity index (χ3v) is 5.35. The lowest BCUT2D eigenvalue weighted by Crippen LogP contribution is -2.20. The summed E-state index contributed by atoms with van der Waals surface area (Å²) in [6.07, 6.45) is 0. The molecular formula is C7H14N2O7P2. The van der Waals surface area contributed by atoms with Gasteiger partial charge in [-0.25, -0.2) is 0 Å². The van der Waals surface area contributed by atoms with E-state index in [0.717, 1.165) is 0 Å². The molecule has 1 heterocycles. The standard InChI is InChI=1S/C7H14N2O7P2/c1-4(2)5-3-6(9-16-5)8-7(17(10,11)12)18(13,14)15/h3-4,7H,1-2H3,(H,8,9)(H2,10,11,12)(H2,13,14,15). The molecule has 9 nitrogen and oxygen atoms in total. The van der Waals surface area contributed by atoms with E-state index in [1.54, 1.807) is 13.8 Å². The molecule has 0 fully saturated rings. The maximum atomic E-state index is 11.0. The van der Waals surface area contributed by atoms with Crippen LogP contribution in [-0.4, -0.2) is 30.3 Å². The number of aromatic nitrogens is 1. The van der Waals surface area contributed by atoms with Gasteiger partial charge in [-0.1, -0.05) is 19.0 Å². The molecule has 5 N–H and O–H groups in total. The lowest BCUT2D eigenvalue weighted by atomic mass is 10.2. The second-order valence-electron chi connectivity index (χ2n) is 3.97. The lowest BCUT2D eigenvalue weighted by molar-refractivity contribution is 0.342. The SMILES string of the molecule is CC(C)c1cc(NC(P(=O)(O)O)P(=O)(O)O)no1. The summed E-state index contributed by atoms with van der Waals surface area (Å²) in [5.74, 6) is 0.264. The first-order chi connectivity index (χ1) is 8.01. The van der Waals surface area contributed by atoms with Crippen molar-refractivity contribution in [2.45, 2.75) is 25.3 Å². The van der Waals surface area contributed by atoms with Crippen molar-refractivity contribution >= 4 is 21.0 Å². The van der Waals surface area contributed by atoms with Crippen LogP contribution in [0.1, 0.15) is 25.5 Å². The average molecular weight is 300 g/mol. The van der Waals surface area contributed by atoms with Crippen molar-refractivity contribution in [1.82, 2.24) is 5.16 Å². The van der Waals surface area contributed by atoms with Gasteiger partial charge >= 0.3 is 15.2 Å². The van der Waals surface area contributed by atoms with E-state index >= 15 is 0 Å². The number of nitrogens with zero attached hydrogens (tertiary/aromatic N) is 1. The molecule has 0 bridgehead atoms. The van der Waals surface area contributed by atoms with Crippen molar-refractivity contribution in [3.8, 4) is 0 Å². The van der Waals surface area contributed by atoms with E-state index in [2.05, 4.69) is 5.16 Å². The fourth-order valence-electron chi connectivity index (χ4n) is 1.13. The summed E-state index contributed by atoms with van der Waals surface area (Å²) >= 11 is 0. The van der Waals surface area contributed by atoms with E-state index in [4.69, 9.17) is 24.1 Å². The number of rotatable bonds is 5. The summed E-state index contributed by atoms with van der Waals surface area (Å²) in [7, 11) is -10.1. The van der Waals surface area contributed by atoms with Crippen LogP contribution in [0.25, 0.3) is 0 Å². The van der Waals surface area contributed by atoms with Crippen LogP contribution in [0.15, 0.2) is 10.6 Å². The number of nitrogens with one attached hydrogen (secondary N) is 1. The lowest BCUT2D eigenvalue weighted by Gasteiger charge is -2.19. The van der Waals surface area contributed by atoms with Gasteiger partial charge in [-0.2, -0.15) is 0 Å². The van der Waals surface area contributed by atoms with Crippen molar-refractivity contribution in [1.29, 1.82) is 0 Å². The minimum Gasteiger partial charge on any atom is -0.359 e. The molecule has 0 radical (unpaired) electrons. The van der Waals surface area contributed by atoms with E-state index in [-0.39, 0.29) is 11.7 Å². The molecule has 104 valence electrons. The Kier molecular flexibility index (Phi) is 4.38. The Bertz CT molecular complexity index is 480. The zero-order valence-corrected chi connectivity index (χ0v) is 11.4. The van der Waals surface area contributed by atoms with E-state index in [1.807, 2.05) is 5.32 Å². The van der Waals surface area contributed by atoms with Gasteiger partial charge in [0.25, 0.3) is 0 Å². The Morgan fingerprint density at radius 2 is 1.72 bits per heavy atom. The van der Waals surface area contributed by atoms with Gasteiger partial charge in [-0.15, -0.1) is 0 Å². The van der Waals surface area contributed by atoms with Crippen LogP contribution >= 0.6 is 15.2 Å². The quantitative estimate of drug-likeness (QED) is 0.498. The van der Waals surface area contributed by atoms with Gasteiger partial charge in [0.15, 0.2) is 5.82 Å². The summed E-state index contributed by atoms with van der Waals surface area (Å²) in [6, 6.07) is 1.32. The molecule has 0 aliphatic heterocycles. The Labute approximate surface area is 103 Å². The van der Waals surface area contributed by atoms with Crippen molar-refractivity contribution in [2.75, 3.05) is 5.32 Å². The highest BCUT2D eigenvalue weighted by Crippen LogP contribution is 2.59. The monoisotopic (exact) mass is 300 g/mol. The minimum atomic E-state index is -5.03. The van der Waals surface area contributed by atoms with Gasteiger partial charge in [0, 0.05) is 12.0 Å². The molecule has 1 aromatic heterocycles. The molecule has 0 spiro atoms. The topological polar surface area (TPSA) is 153 Å². The van der Waals surface area contributed by atoms with E-state index in [9.17, 15) is 9.13 Å². The fourth-order valence-corrected chi connectivity index (χ4v) is 3.29. The maximum Gasteiger partial charge on any atom is 0.360 e. The van der Waals surface area contributed by atoms with Gasteiger partial charge in [0.05, 0.1) is 0 Å². The molecule has 0 aliphatic rings. The molecule has 1 rings (SSSR count). The van der Waals surface area contributed by atoms with Crippen LogP contribution in [0, 0.1) is 0 Å². The molecule has 0 unspecified atom stereocenters. The van der Waals surface area contributed by atoms with Crippen molar-refractivity contribution in [3.63, 3.8) is 0 Å². The zero-order chi connectivity index (χ0) is 14.1. The third-order valence-electron chi connectivity index (χ3n) is 2.01. The molecule has 0 saturated heterocycles. The Hall–Kier alpha value is -0.690. The van der Waals surface area contributed by atoms with Crippen LogP contribution in [0.4, 0.5) is 5.82 Å². The number of hydrogen-bond acceptors (Lipinski definition) is 5. The summed E-state index contributed by atoms with van der Waals surface area (Å²) in [5, 5.41) is 5.43. The van der Waals surface area contributed by atoms with Crippen LogP contribution < -0.4 is 5.32 Å². The number of hydrogen-bond donors (Lipinski definition) is 5. The van der Waals surface area contributed by atoms with Crippen molar-refractivity contribution in [2.24, 2.45) is 0 Å². The zero-order valence-electron chi connectivity index (χ0n) is 9.59. The summed E-state index contributed by atoms with van der Waals surface area (Å²) in [6.45, 7) is 3.60. The predicted molar refractivity (Wildman–Crippen MR) is 62.1 cm³/mol. The van der Waals surface area contributed by atoms with Crippen molar-refractivity contribution < 1.29 is 33.2 Å². The second-order valence-corrected chi connectivity index (χ2v) is 7.76. The molecule has 0 aliphatic carbocycles. The molecule has 1 aromatic rings. The van der Waals surface area contributed by atoms with Crippen molar-refractivity contribution in [3.05, 3.63) is 11.8 Å². The van der Waals surface area contributed by atoms with E-state index in [1.165, 1.54) is 6.07 Å². The van der Waals surface area contributed by atoms with Gasteiger partial charge in [-0.05, 0) is 0 Å². The summed E-state index contributed by atoms with van der Waals surface area (Å²) in [5.41, 5.74) is -2.34. The molecule has 0 aromatic carbocycles. The smallest absolute Gasteiger partial charge is 0.359 e. The molecule has 0 amide bonds. The van der Waals surface area contributed by atoms with E-state index < -0.39 is 20.7 Å². The first-order valence-electron chi connectivity index (χ1n) is 4.85. The average Bonchev–Trinajstić information content (AvgIpc) is 2.58. The van der Waals surface area contributed by atoms with Crippen LogP contribution in [0.5, 0.6) is 0 Å². The normalized spacial score (nSPS) is 13.3. The van der Waals surface area contributed by atoms with Crippen LogP contribution in [-0.2, 0) is 9.13 Å². The van der Waals surface area contributed by atoms with Gasteiger partial charge in [0.1, 0.15) is 5.76 Å². The summed E-state index contributed by atoms with van der Waals surface area (Å²) in [4.78, 5) is 35.6. The Morgan fingerprint density at radius 1 is 1.22 bits per heavy atom. The largest absolute Gasteiger partial charge is 0.360 e. The number of anilines is 1. The molecule has 0 saturated carbocycles. The highest BCUT2D eigenvalue weighted by atomic mass is 31.2. The predicted octanol–water partition coefficient (Wildman–Crippen LogP) is 0.849. The van der Waals surface area contributed by atoms with Gasteiger partial charge in [0.2, 0.25) is 5.52 Å². The molecule has 0 atom stereocenters. The van der Waals surface area contributed by atoms with Crippen LogP contribution in [0.3, 0.4) is 0 Å². The first-order valence-corrected chi connectivity index (χ1v) is 8.21. The van der Waals surface area contributed by atoms with Gasteiger partial charge < -0.3 is 29.4 Å². The van der Waals surface area contributed by atoms with Gasteiger partial charge in [-0.3, -0.25) is 9.13 Å². The van der Waals surface area contributed by atoms with E-state index in [0.29, 0.717) is 5.76 Å². The Balaban J connectivity index is 2.98. The minimum absolute atomic E-state index is 0.0170. The van der Waals surface area contributed by atoms with Crippen LogP contribution in [0.2, 0.25) is 0 Å². The first kappa shape index (κ1) is 15.4. The summed E-state index contributed by atoms with van der Waals surface area (Å²) < 4.78 is 26.8. The highest BCUT2D eigenvalue weighted by Gasteiger charge is 2.44. The third kappa shape index (κ3) is 3.91. The maximum absolute atomic E-state index is 11.0. The highest BCUT2D eigenvalue weighted by molar-refractivity contribution is 7.71. The second kappa shape index (κ2) is 5.13. The molecule has 11 heteroatoms. The Morgan fingerprint density at radius 3 is 2.06 bits per heavy atom. The molecular weight excluding hydrogens is 286 g/mol. The fraction of sp³-hybridized carbons (Fsp3) is 0.571. The molecule has 18 heavy (non-hydrogen) atoms.